The lowest BCUT2D eigenvalue weighted by atomic mass is 10.1. The Kier molecular flexibility index (Phi) is 5.66. The molecule has 2 amide bonds. The van der Waals surface area contributed by atoms with Crippen LogP contribution < -0.4 is 4.74 Å². The Labute approximate surface area is 135 Å². The van der Waals surface area contributed by atoms with E-state index < -0.39 is 0 Å². The molecule has 0 spiro atoms. The molecule has 1 aliphatic heterocycles. The molecule has 1 fully saturated rings. The summed E-state index contributed by atoms with van der Waals surface area (Å²) in [5, 5.41) is 0.600. The highest BCUT2D eigenvalue weighted by atomic mass is 35.5. The molecule has 1 saturated heterocycles. The van der Waals surface area contributed by atoms with Gasteiger partial charge in [-0.15, -0.1) is 0 Å². The van der Waals surface area contributed by atoms with Crippen LogP contribution in [0.1, 0.15) is 24.8 Å². The number of rotatable bonds is 5. The smallest absolute Gasteiger partial charge is 0.242 e. The predicted octanol–water partition coefficient (Wildman–Crippen LogP) is 2.32. The van der Waals surface area contributed by atoms with Crippen LogP contribution in [0.3, 0.4) is 0 Å². The molecule has 120 valence electrons. The molecular weight excluding hydrogens is 304 g/mol. The van der Waals surface area contributed by atoms with E-state index in [4.69, 9.17) is 16.3 Å². The maximum Gasteiger partial charge on any atom is 0.242 e. The lowest BCUT2D eigenvalue weighted by Gasteiger charge is -2.28. The first-order valence-corrected chi connectivity index (χ1v) is 7.73. The van der Waals surface area contributed by atoms with Gasteiger partial charge < -0.3 is 14.5 Å². The highest BCUT2D eigenvalue weighted by molar-refractivity contribution is 6.30. The Morgan fingerprint density at radius 1 is 1.41 bits per heavy atom. The minimum atomic E-state index is -0.0859. The molecule has 2 rings (SSSR count). The van der Waals surface area contributed by atoms with Gasteiger partial charge in [0.1, 0.15) is 5.75 Å². The fourth-order valence-electron chi connectivity index (χ4n) is 2.53. The fourth-order valence-corrected chi connectivity index (χ4v) is 2.72. The molecule has 22 heavy (non-hydrogen) atoms. The number of carbonyl (C=O) groups excluding carboxylic acids is 2. The third-order valence-electron chi connectivity index (χ3n) is 3.82. The number of likely N-dealkylation sites (N-methyl/N-ethyl adjacent to an activating group) is 1. The van der Waals surface area contributed by atoms with Gasteiger partial charge >= 0.3 is 0 Å². The van der Waals surface area contributed by atoms with E-state index in [2.05, 4.69) is 0 Å². The lowest BCUT2D eigenvalue weighted by molar-refractivity contribution is -0.141. The SMILES string of the molecule is COc1ccc(Cl)cc1CN(C)C(=O)CN1CCCCC1=O. The van der Waals surface area contributed by atoms with E-state index in [0.717, 1.165) is 18.4 Å². The van der Waals surface area contributed by atoms with Crippen LogP contribution in [-0.4, -0.2) is 48.9 Å². The second-order valence-electron chi connectivity index (χ2n) is 5.48. The number of hydrogen-bond donors (Lipinski definition) is 0. The van der Waals surface area contributed by atoms with Crippen LogP contribution in [0.4, 0.5) is 0 Å². The maximum absolute atomic E-state index is 12.3. The second kappa shape index (κ2) is 7.49. The maximum atomic E-state index is 12.3. The zero-order valence-corrected chi connectivity index (χ0v) is 13.7. The quantitative estimate of drug-likeness (QED) is 0.835. The van der Waals surface area contributed by atoms with Crippen molar-refractivity contribution in [2.75, 3.05) is 27.2 Å². The first-order valence-electron chi connectivity index (χ1n) is 7.35. The average molecular weight is 325 g/mol. The average Bonchev–Trinajstić information content (AvgIpc) is 2.49. The summed E-state index contributed by atoms with van der Waals surface area (Å²) in [7, 11) is 3.30. The summed E-state index contributed by atoms with van der Waals surface area (Å²) in [5.74, 6) is 0.670. The molecule has 0 unspecified atom stereocenters. The van der Waals surface area contributed by atoms with Crippen LogP contribution in [0.5, 0.6) is 5.75 Å². The number of likely N-dealkylation sites (tertiary alicyclic amines) is 1. The van der Waals surface area contributed by atoms with Crippen LogP contribution in [-0.2, 0) is 16.1 Å². The summed E-state index contributed by atoms with van der Waals surface area (Å²) in [6.07, 6.45) is 2.42. The largest absolute Gasteiger partial charge is 0.496 e. The monoisotopic (exact) mass is 324 g/mol. The van der Waals surface area contributed by atoms with Gasteiger partial charge in [-0.2, -0.15) is 0 Å². The minimum Gasteiger partial charge on any atom is -0.496 e. The van der Waals surface area contributed by atoms with Crippen molar-refractivity contribution in [2.45, 2.75) is 25.8 Å². The van der Waals surface area contributed by atoms with Crippen LogP contribution >= 0.6 is 11.6 Å². The van der Waals surface area contributed by atoms with E-state index in [0.29, 0.717) is 30.3 Å². The Morgan fingerprint density at radius 3 is 2.86 bits per heavy atom. The summed E-state index contributed by atoms with van der Waals surface area (Å²) >= 11 is 6.00. The van der Waals surface area contributed by atoms with E-state index in [1.165, 1.54) is 0 Å². The summed E-state index contributed by atoms with van der Waals surface area (Å²) in [5.41, 5.74) is 0.843. The van der Waals surface area contributed by atoms with E-state index in [9.17, 15) is 9.59 Å². The number of ether oxygens (including phenoxy) is 1. The number of hydrogen-bond acceptors (Lipinski definition) is 3. The predicted molar refractivity (Wildman–Crippen MR) is 84.9 cm³/mol. The Balaban J connectivity index is 1.99. The molecule has 0 saturated carbocycles. The van der Waals surface area contributed by atoms with Crippen LogP contribution in [0.15, 0.2) is 18.2 Å². The van der Waals surface area contributed by atoms with Crippen molar-refractivity contribution in [2.24, 2.45) is 0 Å². The van der Waals surface area contributed by atoms with Gasteiger partial charge in [0.15, 0.2) is 0 Å². The molecule has 1 aliphatic rings. The van der Waals surface area contributed by atoms with E-state index in [1.54, 1.807) is 42.2 Å². The van der Waals surface area contributed by atoms with Crippen molar-refractivity contribution in [3.63, 3.8) is 0 Å². The summed E-state index contributed by atoms with van der Waals surface area (Å²) in [6.45, 7) is 1.20. The van der Waals surface area contributed by atoms with Crippen molar-refractivity contribution in [3.05, 3.63) is 28.8 Å². The van der Waals surface area contributed by atoms with Crippen LogP contribution in [0.2, 0.25) is 5.02 Å². The number of carbonyl (C=O) groups is 2. The first kappa shape index (κ1) is 16.6. The van der Waals surface area contributed by atoms with Crippen LogP contribution in [0.25, 0.3) is 0 Å². The summed E-state index contributed by atoms with van der Waals surface area (Å²) in [4.78, 5) is 27.3. The molecule has 0 radical (unpaired) electrons. The van der Waals surface area contributed by atoms with Gasteiger partial charge in [0.25, 0.3) is 0 Å². The molecule has 0 N–H and O–H groups in total. The molecule has 0 bridgehead atoms. The zero-order chi connectivity index (χ0) is 16.1. The second-order valence-corrected chi connectivity index (χ2v) is 5.91. The van der Waals surface area contributed by atoms with Gasteiger partial charge in [-0.05, 0) is 31.0 Å². The molecule has 5 nitrogen and oxygen atoms in total. The zero-order valence-electron chi connectivity index (χ0n) is 13.0. The molecule has 0 aromatic heterocycles. The van der Waals surface area contributed by atoms with Crippen molar-refractivity contribution in [1.82, 2.24) is 9.80 Å². The molecule has 1 heterocycles. The Morgan fingerprint density at radius 2 is 2.18 bits per heavy atom. The van der Waals surface area contributed by atoms with Gasteiger partial charge in [-0.1, -0.05) is 11.6 Å². The molecule has 0 aliphatic carbocycles. The van der Waals surface area contributed by atoms with Gasteiger partial charge in [-0.25, -0.2) is 0 Å². The Bertz CT molecular complexity index is 562. The number of amides is 2. The first-order chi connectivity index (χ1) is 10.5. The van der Waals surface area contributed by atoms with Crippen molar-refractivity contribution < 1.29 is 14.3 Å². The molecule has 1 aromatic rings. The highest BCUT2D eigenvalue weighted by Crippen LogP contribution is 2.23. The summed E-state index contributed by atoms with van der Waals surface area (Å²) in [6, 6.07) is 5.32. The standard InChI is InChI=1S/C16H21ClN2O3/c1-18(10-12-9-13(17)6-7-14(12)22-2)16(21)11-19-8-4-3-5-15(19)20/h6-7,9H,3-5,8,10-11H2,1-2H3. The van der Waals surface area contributed by atoms with E-state index >= 15 is 0 Å². The molecule has 0 atom stereocenters. The molecular formula is C16H21ClN2O3. The van der Waals surface area contributed by atoms with Crippen molar-refractivity contribution in [1.29, 1.82) is 0 Å². The van der Waals surface area contributed by atoms with Gasteiger partial charge in [0.05, 0.1) is 13.7 Å². The summed E-state index contributed by atoms with van der Waals surface area (Å²) < 4.78 is 5.29. The number of methoxy groups -OCH3 is 1. The molecule has 1 aromatic carbocycles. The van der Waals surface area contributed by atoms with Crippen LogP contribution in [0, 0.1) is 0 Å². The molecule has 6 heteroatoms. The number of halogens is 1. The number of benzene rings is 1. The Hall–Kier alpha value is -1.75. The fraction of sp³-hybridized carbons (Fsp3) is 0.500. The topological polar surface area (TPSA) is 49.9 Å². The van der Waals surface area contributed by atoms with Gasteiger partial charge in [-0.3, -0.25) is 9.59 Å². The highest BCUT2D eigenvalue weighted by Gasteiger charge is 2.22. The minimum absolute atomic E-state index is 0.0633. The van der Waals surface area contributed by atoms with Gasteiger partial charge in [0.2, 0.25) is 11.8 Å². The normalized spacial score (nSPS) is 14.9. The number of piperidine rings is 1. The lowest BCUT2D eigenvalue weighted by Crippen LogP contribution is -2.43. The third kappa shape index (κ3) is 4.13. The third-order valence-corrected chi connectivity index (χ3v) is 4.06. The van der Waals surface area contributed by atoms with Crippen molar-refractivity contribution >= 4 is 23.4 Å². The van der Waals surface area contributed by atoms with Crippen molar-refractivity contribution in [3.8, 4) is 5.75 Å². The number of nitrogens with zero attached hydrogens (tertiary/aromatic N) is 2. The van der Waals surface area contributed by atoms with E-state index in [1.807, 2.05) is 0 Å². The van der Waals surface area contributed by atoms with Gasteiger partial charge in [0, 0.05) is 37.1 Å². The van der Waals surface area contributed by atoms with E-state index in [-0.39, 0.29) is 18.4 Å².